The summed E-state index contributed by atoms with van der Waals surface area (Å²) in [4.78, 5) is 12.2. The van der Waals surface area contributed by atoms with Crippen molar-refractivity contribution in [2.45, 2.75) is 19.1 Å². The Kier molecular flexibility index (Phi) is 4.42. The number of likely N-dealkylation sites (tertiary alicyclic amines) is 1. The van der Waals surface area contributed by atoms with Gasteiger partial charge in [-0.2, -0.15) is 13.2 Å². The fraction of sp³-hybridized carbons (Fsp3) is 0.500. The number of hydrogen-bond donors (Lipinski definition) is 1. The van der Waals surface area contributed by atoms with E-state index in [1.54, 1.807) is 0 Å². The second-order valence-corrected chi connectivity index (χ2v) is 5.39. The first-order chi connectivity index (χ1) is 10.1. The van der Waals surface area contributed by atoms with Crippen molar-refractivity contribution in [1.29, 1.82) is 0 Å². The molecule has 8 heteroatoms. The Morgan fingerprint density at radius 1 is 1.32 bits per heavy atom. The van der Waals surface area contributed by atoms with Crippen molar-refractivity contribution >= 4 is 5.97 Å². The van der Waals surface area contributed by atoms with Crippen molar-refractivity contribution in [3.63, 3.8) is 0 Å². The number of hydrogen-bond acceptors (Lipinski definition) is 2. The Balaban J connectivity index is 2.26. The molecule has 1 aromatic carbocycles. The van der Waals surface area contributed by atoms with Gasteiger partial charge in [0, 0.05) is 24.7 Å². The molecule has 22 heavy (non-hydrogen) atoms. The summed E-state index contributed by atoms with van der Waals surface area (Å²) in [5.74, 6) is -6.62. The summed E-state index contributed by atoms with van der Waals surface area (Å²) in [6.45, 7) is 0.504. The summed E-state index contributed by atoms with van der Waals surface area (Å²) >= 11 is 0. The van der Waals surface area contributed by atoms with Crippen LogP contribution in [0.2, 0.25) is 0 Å². The summed E-state index contributed by atoms with van der Waals surface area (Å²) in [7, 11) is 0. The molecule has 3 atom stereocenters. The Hall–Kier alpha value is -1.70. The van der Waals surface area contributed by atoms with Gasteiger partial charge < -0.3 is 5.11 Å². The number of aliphatic carboxylic acids is 1. The SMILES string of the molecule is CC(c1cc(F)ccc1F)N1C[C@@H](C(F)(F)F)[C@H](C(=O)O)C1. The molecule has 1 N–H and O–H groups in total. The lowest BCUT2D eigenvalue weighted by Gasteiger charge is -2.25. The van der Waals surface area contributed by atoms with Crippen LogP contribution in [0.15, 0.2) is 18.2 Å². The highest BCUT2D eigenvalue weighted by Gasteiger charge is 2.53. The molecule has 0 saturated carbocycles. The van der Waals surface area contributed by atoms with Gasteiger partial charge >= 0.3 is 12.1 Å². The molecular weight excluding hydrogens is 309 g/mol. The molecule has 0 aromatic heterocycles. The second kappa shape index (κ2) is 5.83. The number of rotatable bonds is 3. The van der Waals surface area contributed by atoms with Crippen molar-refractivity contribution in [3.05, 3.63) is 35.4 Å². The quantitative estimate of drug-likeness (QED) is 0.868. The third kappa shape index (κ3) is 3.21. The number of benzene rings is 1. The van der Waals surface area contributed by atoms with Crippen LogP contribution in [0.3, 0.4) is 0 Å². The molecule has 1 aliphatic rings. The summed E-state index contributed by atoms with van der Waals surface area (Å²) in [5.41, 5.74) is -0.0908. The van der Waals surface area contributed by atoms with E-state index in [0.717, 1.165) is 18.2 Å². The van der Waals surface area contributed by atoms with E-state index in [1.165, 1.54) is 11.8 Å². The summed E-state index contributed by atoms with van der Waals surface area (Å²) in [5, 5.41) is 8.96. The van der Waals surface area contributed by atoms with Crippen molar-refractivity contribution in [2.75, 3.05) is 13.1 Å². The van der Waals surface area contributed by atoms with E-state index in [-0.39, 0.29) is 12.1 Å². The van der Waals surface area contributed by atoms with E-state index < -0.39 is 48.2 Å². The molecule has 3 nitrogen and oxygen atoms in total. The molecular formula is C14H14F5NO2. The zero-order valence-electron chi connectivity index (χ0n) is 11.6. The van der Waals surface area contributed by atoms with Crippen LogP contribution in [-0.4, -0.2) is 35.2 Å². The third-order valence-electron chi connectivity index (χ3n) is 4.04. The minimum atomic E-state index is -4.65. The van der Waals surface area contributed by atoms with E-state index in [2.05, 4.69) is 0 Å². The minimum Gasteiger partial charge on any atom is -0.481 e. The topological polar surface area (TPSA) is 40.5 Å². The lowest BCUT2D eigenvalue weighted by molar-refractivity contribution is -0.188. The number of alkyl halides is 3. The summed E-state index contributed by atoms with van der Waals surface area (Å²) in [6, 6.07) is 1.86. The minimum absolute atomic E-state index is 0.0908. The van der Waals surface area contributed by atoms with Crippen LogP contribution in [0.1, 0.15) is 18.5 Å². The lowest BCUT2D eigenvalue weighted by atomic mass is 9.96. The summed E-state index contributed by atoms with van der Waals surface area (Å²) in [6.07, 6.45) is -4.65. The predicted molar refractivity (Wildman–Crippen MR) is 67.0 cm³/mol. The average molecular weight is 323 g/mol. The van der Waals surface area contributed by atoms with Crippen LogP contribution < -0.4 is 0 Å². The molecule has 1 unspecified atom stereocenters. The number of carbonyl (C=O) groups is 1. The van der Waals surface area contributed by atoms with E-state index >= 15 is 0 Å². The molecule has 2 rings (SSSR count). The Morgan fingerprint density at radius 3 is 2.45 bits per heavy atom. The fourth-order valence-electron chi connectivity index (χ4n) is 2.76. The Morgan fingerprint density at radius 2 is 1.95 bits per heavy atom. The number of carboxylic acid groups (broad SMARTS) is 1. The second-order valence-electron chi connectivity index (χ2n) is 5.39. The van der Waals surface area contributed by atoms with Gasteiger partial charge in [0.25, 0.3) is 0 Å². The van der Waals surface area contributed by atoms with Gasteiger partial charge in [-0.3, -0.25) is 9.69 Å². The maximum atomic E-state index is 13.7. The van der Waals surface area contributed by atoms with Crippen molar-refractivity contribution in [2.24, 2.45) is 11.8 Å². The van der Waals surface area contributed by atoms with Crippen molar-refractivity contribution < 1.29 is 31.9 Å². The van der Waals surface area contributed by atoms with E-state index in [1.807, 2.05) is 0 Å². The van der Waals surface area contributed by atoms with Gasteiger partial charge in [-0.25, -0.2) is 8.78 Å². The maximum absolute atomic E-state index is 13.7. The van der Waals surface area contributed by atoms with Crippen LogP contribution in [-0.2, 0) is 4.79 Å². The molecule has 1 aliphatic heterocycles. The first kappa shape index (κ1) is 16.7. The summed E-state index contributed by atoms with van der Waals surface area (Å²) < 4.78 is 65.7. The zero-order chi connectivity index (χ0) is 16.7. The molecule has 1 saturated heterocycles. The molecule has 0 radical (unpaired) electrons. The molecule has 0 aliphatic carbocycles. The monoisotopic (exact) mass is 323 g/mol. The van der Waals surface area contributed by atoms with Crippen LogP contribution in [0.25, 0.3) is 0 Å². The highest BCUT2D eigenvalue weighted by molar-refractivity contribution is 5.71. The molecule has 0 amide bonds. The maximum Gasteiger partial charge on any atom is 0.393 e. The predicted octanol–water partition coefficient (Wildman–Crippen LogP) is 3.22. The zero-order valence-corrected chi connectivity index (χ0v) is 11.6. The molecule has 0 bridgehead atoms. The van der Waals surface area contributed by atoms with Crippen LogP contribution >= 0.6 is 0 Å². The van der Waals surface area contributed by atoms with Crippen molar-refractivity contribution in [3.8, 4) is 0 Å². The number of carboxylic acids is 1. The fourth-order valence-corrected chi connectivity index (χ4v) is 2.76. The van der Waals surface area contributed by atoms with Crippen LogP contribution in [0.4, 0.5) is 22.0 Å². The average Bonchev–Trinajstić information content (AvgIpc) is 2.86. The highest BCUT2D eigenvalue weighted by Crippen LogP contribution is 2.40. The van der Waals surface area contributed by atoms with Crippen LogP contribution in [0.5, 0.6) is 0 Å². The molecule has 0 spiro atoms. The smallest absolute Gasteiger partial charge is 0.393 e. The van der Waals surface area contributed by atoms with E-state index in [9.17, 15) is 26.7 Å². The van der Waals surface area contributed by atoms with Gasteiger partial charge in [0.1, 0.15) is 11.6 Å². The molecule has 1 aromatic rings. The van der Waals surface area contributed by atoms with Gasteiger partial charge in [0.2, 0.25) is 0 Å². The van der Waals surface area contributed by atoms with Gasteiger partial charge in [-0.1, -0.05) is 0 Å². The van der Waals surface area contributed by atoms with E-state index in [4.69, 9.17) is 5.11 Å². The molecule has 1 heterocycles. The third-order valence-corrected chi connectivity index (χ3v) is 4.04. The normalized spacial score (nSPS) is 24.5. The lowest BCUT2D eigenvalue weighted by Crippen LogP contribution is -2.33. The van der Waals surface area contributed by atoms with Gasteiger partial charge in [-0.05, 0) is 25.1 Å². The molecule has 122 valence electrons. The molecule has 1 fully saturated rings. The Bertz CT molecular complexity index is 575. The van der Waals surface area contributed by atoms with Crippen LogP contribution in [0, 0.1) is 23.5 Å². The Labute approximate surface area is 123 Å². The first-order valence-electron chi connectivity index (χ1n) is 6.59. The van der Waals surface area contributed by atoms with Gasteiger partial charge in [0.15, 0.2) is 0 Å². The van der Waals surface area contributed by atoms with Gasteiger partial charge in [0.05, 0.1) is 11.8 Å². The van der Waals surface area contributed by atoms with Gasteiger partial charge in [-0.15, -0.1) is 0 Å². The number of halogens is 5. The first-order valence-corrected chi connectivity index (χ1v) is 6.59. The van der Waals surface area contributed by atoms with Crippen molar-refractivity contribution in [1.82, 2.24) is 4.90 Å². The highest BCUT2D eigenvalue weighted by atomic mass is 19.4. The van der Waals surface area contributed by atoms with E-state index in [0.29, 0.717) is 0 Å². The largest absolute Gasteiger partial charge is 0.481 e. The standard InChI is InChI=1S/C14H14F5NO2/c1-7(9-4-8(15)2-3-12(9)16)20-5-10(13(21)22)11(6-20)14(17,18)19/h2-4,7,10-11H,5-6H2,1H3,(H,21,22)/t7?,10-,11-/m1/s1. The number of nitrogens with zero attached hydrogens (tertiary/aromatic N) is 1.